The number of carbonyl (C=O) groups is 2. The lowest BCUT2D eigenvalue weighted by Gasteiger charge is -2.37. The average Bonchev–Trinajstić information content (AvgIpc) is 2.48. The van der Waals surface area contributed by atoms with Crippen LogP contribution in [0.4, 0.5) is 4.79 Å². The van der Waals surface area contributed by atoms with Gasteiger partial charge in [-0.15, -0.1) is 0 Å². The number of hydrogen-bond acceptors (Lipinski definition) is 4. The van der Waals surface area contributed by atoms with Crippen molar-refractivity contribution in [2.45, 2.75) is 19.8 Å². The van der Waals surface area contributed by atoms with Crippen molar-refractivity contribution in [2.24, 2.45) is 5.92 Å². The number of esters is 1. The highest BCUT2D eigenvalue weighted by Crippen LogP contribution is 2.19. The fourth-order valence-electron chi connectivity index (χ4n) is 2.66. The Labute approximate surface area is 114 Å². The van der Waals surface area contributed by atoms with Gasteiger partial charge in [0.05, 0.1) is 12.5 Å². The summed E-state index contributed by atoms with van der Waals surface area (Å²) in [4.78, 5) is 27.8. The van der Waals surface area contributed by atoms with Crippen molar-refractivity contribution in [3.8, 4) is 0 Å². The lowest BCUT2D eigenvalue weighted by Crippen LogP contribution is -2.54. The van der Waals surface area contributed by atoms with Crippen molar-refractivity contribution in [1.29, 1.82) is 0 Å². The molecule has 2 heterocycles. The van der Waals surface area contributed by atoms with Crippen LogP contribution in [0.25, 0.3) is 0 Å². The number of rotatable bonds is 2. The predicted octanol–water partition coefficient (Wildman–Crippen LogP) is 0.287. The molecular weight excluding hydrogens is 246 g/mol. The first-order chi connectivity index (χ1) is 9.22. The Morgan fingerprint density at radius 1 is 1.21 bits per heavy atom. The van der Waals surface area contributed by atoms with Gasteiger partial charge < -0.3 is 19.9 Å². The maximum absolute atomic E-state index is 12.4. The second kappa shape index (κ2) is 6.75. The number of carbonyl (C=O) groups excluding carboxylic acids is 2. The lowest BCUT2D eigenvalue weighted by atomic mass is 9.98. The molecule has 6 heteroatoms. The first-order valence-electron chi connectivity index (χ1n) is 7.13. The summed E-state index contributed by atoms with van der Waals surface area (Å²) in [6, 6.07) is 0.0653. The van der Waals surface area contributed by atoms with Gasteiger partial charge in [-0.25, -0.2) is 4.79 Å². The zero-order valence-corrected chi connectivity index (χ0v) is 11.6. The molecule has 108 valence electrons. The molecule has 6 nitrogen and oxygen atoms in total. The van der Waals surface area contributed by atoms with Crippen molar-refractivity contribution in [1.82, 2.24) is 15.1 Å². The third kappa shape index (κ3) is 3.59. The molecule has 0 bridgehead atoms. The van der Waals surface area contributed by atoms with Gasteiger partial charge in [0.25, 0.3) is 0 Å². The number of hydrogen-bond donors (Lipinski definition) is 1. The Bertz CT molecular complexity index is 329. The molecule has 2 rings (SSSR count). The highest BCUT2D eigenvalue weighted by Gasteiger charge is 2.31. The standard InChI is InChI=1S/C13H23N3O3/c1-2-19-12(17)11-4-3-7-16(10-11)13(18)15-8-5-14-6-9-15/h11,14H,2-10H2,1H3. The molecule has 19 heavy (non-hydrogen) atoms. The quantitative estimate of drug-likeness (QED) is 0.732. The Balaban J connectivity index is 1.89. The SMILES string of the molecule is CCOC(=O)C1CCCN(C(=O)N2CCNCC2)C1. The van der Waals surface area contributed by atoms with Gasteiger partial charge >= 0.3 is 12.0 Å². The molecule has 1 unspecified atom stereocenters. The van der Waals surface area contributed by atoms with Gasteiger partial charge in [0, 0.05) is 39.3 Å². The van der Waals surface area contributed by atoms with E-state index in [1.807, 2.05) is 11.8 Å². The summed E-state index contributed by atoms with van der Waals surface area (Å²) in [7, 11) is 0. The second-order valence-electron chi connectivity index (χ2n) is 5.06. The zero-order valence-electron chi connectivity index (χ0n) is 11.6. The van der Waals surface area contributed by atoms with Crippen LogP contribution >= 0.6 is 0 Å². The molecule has 1 N–H and O–H groups in total. The molecule has 2 aliphatic heterocycles. The lowest BCUT2D eigenvalue weighted by molar-refractivity contribution is -0.149. The predicted molar refractivity (Wildman–Crippen MR) is 70.8 cm³/mol. The van der Waals surface area contributed by atoms with Crippen LogP contribution in [0.5, 0.6) is 0 Å². The number of nitrogens with zero attached hydrogens (tertiary/aromatic N) is 2. The van der Waals surface area contributed by atoms with Gasteiger partial charge in [-0.05, 0) is 19.8 Å². The molecule has 0 radical (unpaired) electrons. The Morgan fingerprint density at radius 3 is 2.63 bits per heavy atom. The van der Waals surface area contributed by atoms with E-state index in [1.54, 1.807) is 4.90 Å². The van der Waals surface area contributed by atoms with E-state index in [1.165, 1.54) is 0 Å². The van der Waals surface area contributed by atoms with Gasteiger partial charge in [0.2, 0.25) is 0 Å². The normalized spacial score (nSPS) is 24.2. The molecule has 0 aromatic rings. The summed E-state index contributed by atoms with van der Waals surface area (Å²) >= 11 is 0. The Hall–Kier alpha value is -1.30. The number of piperazine rings is 1. The number of ether oxygens (including phenoxy) is 1. The van der Waals surface area contributed by atoms with Crippen LogP contribution in [0.1, 0.15) is 19.8 Å². The van der Waals surface area contributed by atoms with E-state index in [9.17, 15) is 9.59 Å². The first kappa shape index (κ1) is 14.1. The average molecular weight is 269 g/mol. The van der Waals surface area contributed by atoms with E-state index in [4.69, 9.17) is 4.74 Å². The highest BCUT2D eigenvalue weighted by molar-refractivity contribution is 5.77. The summed E-state index contributed by atoms with van der Waals surface area (Å²) in [6.07, 6.45) is 1.70. The summed E-state index contributed by atoms with van der Waals surface area (Å²) in [5.41, 5.74) is 0. The van der Waals surface area contributed by atoms with Gasteiger partial charge in [-0.1, -0.05) is 0 Å². The number of likely N-dealkylation sites (tertiary alicyclic amines) is 1. The van der Waals surface area contributed by atoms with Crippen LogP contribution in [0.2, 0.25) is 0 Å². The molecule has 0 aromatic carbocycles. The molecule has 0 spiro atoms. The smallest absolute Gasteiger partial charge is 0.320 e. The maximum Gasteiger partial charge on any atom is 0.320 e. The molecule has 0 saturated carbocycles. The van der Waals surface area contributed by atoms with Crippen LogP contribution in [0.15, 0.2) is 0 Å². The van der Waals surface area contributed by atoms with Crippen LogP contribution in [-0.2, 0) is 9.53 Å². The molecule has 0 aromatic heterocycles. The number of amides is 2. The van der Waals surface area contributed by atoms with Gasteiger partial charge in [0.15, 0.2) is 0 Å². The van der Waals surface area contributed by atoms with E-state index in [2.05, 4.69) is 5.32 Å². The Kier molecular flexibility index (Phi) is 5.01. The topological polar surface area (TPSA) is 61.9 Å². The fourth-order valence-corrected chi connectivity index (χ4v) is 2.66. The fraction of sp³-hybridized carbons (Fsp3) is 0.846. The van der Waals surface area contributed by atoms with Gasteiger partial charge in [0.1, 0.15) is 0 Å². The molecule has 0 aliphatic carbocycles. The van der Waals surface area contributed by atoms with E-state index < -0.39 is 0 Å². The third-order valence-electron chi connectivity index (χ3n) is 3.70. The summed E-state index contributed by atoms with van der Waals surface area (Å²) in [5, 5.41) is 3.23. The summed E-state index contributed by atoms with van der Waals surface area (Å²) in [5.74, 6) is -0.319. The zero-order chi connectivity index (χ0) is 13.7. The van der Waals surface area contributed by atoms with Crippen molar-refractivity contribution in [3.05, 3.63) is 0 Å². The van der Waals surface area contributed by atoms with Crippen LogP contribution < -0.4 is 5.32 Å². The van der Waals surface area contributed by atoms with E-state index in [0.29, 0.717) is 13.2 Å². The molecule has 2 amide bonds. The van der Waals surface area contributed by atoms with Crippen LogP contribution in [-0.4, -0.2) is 67.7 Å². The summed E-state index contributed by atoms with van der Waals surface area (Å²) < 4.78 is 5.05. The van der Waals surface area contributed by atoms with E-state index in [0.717, 1.165) is 45.6 Å². The van der Waals surface area contributed by atoms with Crippen LogP contribution in [0, 0.1) is 5.92 Å². The molecule has 2 aliphatic rings. The number of piperidine rings is 1. The Morgan fingerprint density at radius 2 is 1.95 bits per heavy atom. The second-order valence-corrected chi connectivity index (χ2v) is 5.06. The first-order valence-corrected chi connectivity index (χ1v) is 7.13. The minimum absolute atomic E-state index is 0.0653. The maximum atomic E-state index is 12.4. The van der Waals surface area contributed by atoms with E-state index >= 15 is 0 Å². The molecule has 2 fully saturated rings. The van der Waals surface area contributed by atoms with Crippen molar-refractivity contribution in [2.75, 3.05) is 45.9 Å². The largest absolute Gasteiger partial charge is 0.466 e. The number of urea groups is 1. The minimum atomic E-state index is -0.166. The highest BCUT2D eigenvalue weighted by atomic mass is 16.5. The monoisotopic (exact) mass is 269 g/mol. The number of nitrogens with one attached hydrogen (secondary N) is 1. The van der Waals surface area contributed by atoms with E-state index in [-0.39, 0.29) is 17.9 Å². The van der Waals surface area contributed by atoms with Crippen molar-refractivity contribution >= 4 is 12.0 Å². The van der Waals surface area contributed by atoms with Gasteiger partial charge in [-0.3, -0.25) is 4.79 Å². The van der Waals surface area contributed by atoms with Crippen LogP contribution in [0.3, 0.4) is 0 Å². The minimum Gasteiger partial charge on any atom is -0.466 e. The molecule has 2 saturated heterocycles. The van der Waals surface area contributed by atoms with Gasteiger partial charge in [-0.2, -0.15) is 0 Å². The van der Waals surface area contributed by atoms with Crippen molar-refractivity contribution in [3.63, 3.8) is 0 Å². The molecular formula is C13H23N3O3. The third-order valence-corrected chi connectivity index (χ3v) is 3.70. The molecule has 1 atom stereocenters. The summed E-state index contributed by atoms with van der Waals surface area (Å²) in [6.45, 7) is 6.66. The van der Waals surface area contributed by atoms with Crippen molar-refractivity contribution < 1.29 is 14.3 Å².